The van der Waals surface area contributed by atoms with E-state index in [1.807, 2.05) is 24.3 Å². The van der Waals surface area contributed by atoms with Crippen LogP contribution in [0.25, 0.3) is 22.1 Å². The van der Waals surface area contributed by atoms with Crippen LogP contribution in [0, 0.1) is 0 Å². The molecule has 6 amide bonds. The topological polar surface area (TPSA) is 183 Å². The monoisotopic (exact) mass is 618 g/mol. The van der Waals surface area contributed by atoms with Gasteiger partial charge < -0.3 is 10.2 Å². The molecule has 2 aliphatic heterocycles. The van der Waals surface area contributed by atoms with E-state index in [0.29, 0.717) is 22.1 Å². The number of hydrogen-bond acceptors (Lipinski definition) is 10. The Morgan fingerprint density at radius 2 is 1.00 bits per heavy atom. The van der Waals surface area contributed by atoms with Crippen molar-refractivity contribution >= 4 is 45.9 Å². The van der Waals surface area contributed by atoms with Crippen LogP contribution in [0.15, 0.2) is 48.5 Å². The number of rotatable bonds is 10. The fourth-order valence-corrected chi connectivity index (χ4v) is 5.81. The highest BCUT2D eigenvalue weighted by Crippen LogP contribution is 2.33. The van der Waals surface area contributed by atoms with Gasteiger partial charge in [-0.3, -0.25) is 29.2 Å². The number of fused-ring (bicyclic) bond motifs is 2. The van der Waals surface area contributed by atoms with Crippen molar-refractivity contribution in [2.24, 2.45) is 0 Å². The number of amides is 6. The summed E-state index contributed by atoms with van der Waals surface area (Å²) >= 11 is 0. The number of nitrogens with zero attached hydrogens (tertiary/aromatic N) is 10. The van der Waals surface area contributed by atoms with Gasteiger partial charge in [-0.2, -0.15) is 0 Å². The molecular weight excluding hydrogens is 584 g/mol. The average Bonchev–Trinajstić information content (AvgIpc) is 3.68. The number of aliphatic hydroxyl groups excluding tert-OH is 2. The molecule has 2 aromatic carbocycles. The number of carbonyl (C=O) groups is 4. The molecule has 16 nitrogen and oxygen atoms in total. The third-order valence-electron chi connectivity index (χ3n) is 8.49. The van der Waals surface area contributed by atoms with E-state index in [1.54, 1.807) is 52.0 Å². The van der Waals surface area contributed by atoms with Crippen molar-refractivity contribution < 1.29 is 29.4 Å². The Kier molecular flexibility index (Phi) is 7.28. The molecule has 236 valence electrons. The Morgan fingerprint density at radius 1 is 0.622 bits per heavy atom. The summed E-state index contributed by atoms with van der Waals surface area (Å²) in [6.45, 7) is 5.18. The maximum Gasteiger partial charge on any atom is 0.329 e. The van der Waals surface area contributed by atoms with Crippen LogP contribution >= 0.6 is 0 Å². The van der Waals surface area contributed by atoms with Crippen molar-refractivity contribution in [1.29, 1.82) is 0 Å². The third-order valence-corrected chi connectivity index (χ3v) is 8.49. The largest absolute Gasteiger partial charge is 0.389 e. The van der Waals surface area contributed by atoms with Gasteiger partial charge in [-0.05, 0) is 52.0 Å². The van der Waals surface area contributed by atoms with E-state index in [-0.39, 0.29) is 32.8 Å². The Bertz CT molecular complexity index is 1680. The summed E-state index contributed by atoms with van der Waals surface area (Å²) < 4.78 is 3.00. The van der Waals surface area contributed by atoms with Gasteiger partial charge in [0.15, 0.2) is 0 Å². The second-order valence-electron chi connectivity index (χ2n) is 12.3. The zero-order valence-electron chi connectivity index (χ0n) is 25.3. The van der Waals surface area contributed by atoms with Crippen molar-refractivity contribution in [2.45, 2.75) is 64.1 Å². The molecule has 0 unspecified atom stereocenters. The number of para-hydroxylation sites is 2. The normalized spacial score (nSPS) is 19.5. The minimum atomic E-state index is -1.38. The molecule has 6 rings (SSSR count). The van der Waals surface area contributed by atoms with E-state index < -0.39 is 47.2 Å². The summed E-state index contributed by atoms with van der Waals surface area (Å²) in [4.78, 5) is 58.4. The molecule has 0 spiro atoms. The molecule has 2 aliphatic rings. The Morgan fingerprint density at radius 3 is 1.40 bits per heavy atom. The van der Waals surface area contributed by atoms with E-state index in [2.05, 4.69) is 20.6 Å². The number of urea groups is 2. The maximum absolute atomic E-state index is 13.6. The number of aromatic nitrogens is 6. The number of hydrogen-bond donors (Lipinski definition) is 2. The Labute approximate surface area is 257 Å². The Balaban J connectivity index is 1.14. The minimum absolute atomic E-state index is 0.00812. The lowest BCUT2D eigenvalue weighted by molar-refractivity contribution is -0.134. The first kappa shape index (κ1) is 30.1. The predicted molar refractivity (Wildman–Crippen MR) is 158 cm³/mol. The molecule has 0 aliphatic carbocycles. The summed E-state index contributed by atoms with van der Waals surface area (Å²) in [6.07, 6.45) is -2.30. The van der Waals surface area contributed by atoms with E-state index in [4.69, 9.17) is 0 Å². The third kappa shape index (κ3) is 5.04. The first-order valence-electron chi connectivity index (χ1n) is 14.5. The molecule has 2 saturated heterocycles. The van der Waals surface area contributed by atoms with Crippen LogP contribution in [0.1, 0.15) is 27.7 Å². The Hall–Kier alpha value is -4.96. The lowest BCUT2D eigenvalue weighted by atomic mass is 10.0. The van der Waals surface area contributed by atoms with Gasteiger partial charge in [-0.15, -0.1) is 10.2 Å². The molecular formula is C29H34N10O6. The van der Waals surface area contributed by atoms with Gasteiger partial charge in [0.05, 0.1) is 49.4 Å². The van der Waals surface area contributed by atoms with Crippen LogP contribution < -0.4 is 0 Å². The van der Waals surface area contributed by atoms with Gasteiger partial charge >= 0.3 is 12.1 Å². The van der Waals surface area contributed by atoms with Crippen molar-refractivity contribution in [2.75, 3.05) is 19.8 Å². The number of β-amino-alcohol motifs (C(OH)–C–C–N with tert-alkyl or cyclic N) is 2. The number of aliphatic hydroxyl groups is 2. The van der Waals surface area contributed by atoms with Gasteiger partial charge in [0.1, 0.15) is 28.8 Å². The van der Waals surface area contributed by atoms with Crippen LogP contribution in [-0.2, 0) is 22.7 Å². The second-order valence-corrected chi connectivity index (χ2v) is 12.3. The maximum atomic E-state index is 13.6. The van der Waals surface area contributed by atoms with Gasteiger partial charge in [0.25, 0.3) is 11.8 Å². The molecule has 0 bridgehead atoms. The fraction of sp³-hybridized carbons (Fsp3) is 0.448. The summed E-state index contributed by atoms with van der Waals surface area (Å²) in [5, 5.41) is 37.9. The lowest BCUT2D eigenvalue weighted by Crippen LogP contribution is -2.55. The van der Waals surface area contributed by atoms with Gasteiger partial charge in [0, 0.05) is 0 Å². The van der Waals surface area contributed by atoms with Gasteiger partial charge in [0.2, 0.25) is 0 Å². The molecule has 4 aromatic rings. The molecule has 2 N–H and O–H groups in total. The summed E-state index contributed by atoms with van der Waals surface area (Å²) in [5.41, 5.74) is -0.0748. The molecule has 2 atom stereocenters. The molecule has 16 heteroatoms. The average molecular weight is 619 g/mol. The molecule has 4 heterocycles. The summed E-state index contributed by atoms with van der Waals surface area (Å²) in [5.74, 6) is -1.11. The van der Waals surface area contributed by atoms with Crippen LogP contribution in [-0.4, -0.2) is 127 Å². The first-order chi connectivity index (χ1) is 21.3. The van der Waals surface area contributed by atoms with Crippen LogP contribution in [0.4, 0.5) is 9.59 Å². The van der Waals surface area contributed by atoms with Crippen molar-refractivity contribution in [3.63, 3.8) is 0 Å². The first-order valence-corrected chi connectivity index (χ1v) is 14.5. The number of imide groups is 2. The van der Waals surface area contributed by atoms with Crippen LogP contribution in [0.3, 0.4) is 0 Å². The molecule has 2 fully saturated rings. The van der Waals surface area contributed by atoms with Gasteiger partial charge in [-0.1, -0.05) is 34.7 Å². The smallest absolute Gasteiger partial charge is 0.329 e. The number of benzene rings is 2. The van der Waals surface area contributed by atoms with E-state index in [0.717, 1.165) is 9.80 Å². The van der Waals surface area contributed by atoms with E-state index in [1.165, 1.54) is 19.2 Å². The molecule has 0 radical (unpaired) electrons. The van der Waals surface area contributed by atoms with Crippen LogP contribution in [0.5, 0.6) is 0 Å². The highest BCUT2D eigenvalue weighted by atomic mass is 16.3. The minimum Gasteiger partial charge on any atom is -0.389 e. The van der Waals surface area contributed by atoms with E-state index >= 15 is 0 Å². The van der Waals surface area contributed by atoms with Gasteiger partial charge in [-0.25, -0.2) is 19.0 Å². The summed E-state index contributed by atoms with van der Waals surface area (Å²) in [7, 11) is 0. The SMILES string of the molecule is CC1(C)C(=O)N(C[C@@H](O)Cn2nnc3ccccc32)C(=O)N1CN1C(=O)N(C[C@@H](O)Cn2nnc3ccccc32)C(=O)C1(C)C. The fourth-order valence-electron chi connectivity index (χ4n) is 5.81. The van der Waals surface area contributed by atoms with Crippen molar-refractivity contribution in [3.05, 3.63) is 48.5 Å². The molecule has 45 heavy (non-hydrogen) atoms. The predicted octanol–water partition coefficient (Wildman–Crippen LogP) is 0.641. The molecule has 2 aromatic heterocycles. The summed E-state index contributed by atoms with van der Waals surface area (Å²) in [6, 6.07) is 13.0. The highest BCUT2D eigenvalue weighted by molar-refractivity contribution is 6.08. The van der Waals surface area contributed by atoms with Crippen molar-refractivity contribution in [3.8, 4) is 0 Å². The standard InChI is InChI=1S/C29H34N10O6/c1-28(2)24(42)34(13-18(40)15-38-22-11-7-5-9-20(22)30-32-38)26(44)36(28)17-37-27(45)35(25(43)29(37,3)4)14-19(41)16-39-23-12-8-6-10-21(23)31-33-39/h5-12,18-19,40-41H,13-17H2,1-4H3/t18-,19-/m1/s1. The number of carbonyl (C=O) groups excluding carboxylic acids is 4. The zero-order chi connectivity index (χ0) is 32.3. The second kappa shape index (κ2) is 10.9. The van der Waals surface area contributed by atoms with Crippen molar-refractivity contribution in [1.82, 2.24) is 49.6 Å². The van der Waals surface area contributed by atoms with Crippen LogP contribution in [0.2, 0.25) is 0 Å². The van der Waals surface area contributed by atoms with E-state index in [9.17, 15) is 29.4 Å². The lowest BCUT2D eigenvalue weighted by Gasteiger charge is -2.36. The zero-order valence-corrected chi connectivity index (χ0v) is 25.3. The quantitative estimate of drug-likeness (QED) is 0.239. The highest BCUT2D eigenvalue weighted by Gasteiger charge is 2.57. The molecule has 0 saturated carbocycles.